The molecule has 1 N–H and O–H groups in total. The smallest absolute Gasteiger partial charge is 0.414 e. The third-order valence-corrected chi connectivity index (χ3v) is 5.72. The average Bonchev–Trinajstić information content (AvgIpc) is 3.05. The summed E-state index contributed by atoms with van der Waals surface area (Å²) in [6, 6.07) is 17.0. The molecule has 2 aliphatic heterocycles. The van der Waals surface area contributed by atoms with Crippen LogP contribution in [-0.2, 0) is 10.3 Å². The fourth-order valence-corrected chi connectivity index (χ4v) is 4.01. The van der Waals surface area contributed by atoms with E-state index in [-0.39, 0.29) is 12.2 Å². The van der Waals surface area contributed by atoms with Gasteiger partial charge in [-0.1, -0.05) is 41.9 Å². The maximum absolute atomic E-state index is 12.2. The van der Waals surface area contributed by atoms with E-state index in [4.69, 9.17) is 16.3 Å². The summed E-state index contributed by atoms with van der Waals surface area (Å²) in [6.45, 7) is 2.77. The SMILES string of the molecule is O=C1OC(CN2CCC(O)(c3ccccc3)CC2)CN1c1ccc(Cl)cc1. The van der Waals surface area contributed by atoms with Crippen LogP contribution in [0.15, 0.2) is 54.6 Å². The molecule has 2 fully saturated rings. The number of carbonyl (C=O) groups is 1. The Morgan fingerprint density at radius 1 is 1.07 bits per heavy atom. The summed E-state index contributed by atoms with van der Waals surface area (Å²) in [5, 5.41) is 11.6. The zero-order chi connectivity index (χ0) is 18.9. The Kier molecular flexibility index (Phi) is 5.08. The molecule has 0 bridgehead atoms. The number of hydrogen-bond acceptors (Lipinski definition) is 4. The van der Waals surface area contributed by atoms with Gasteiger partial charge < -0.3 is 9.84 Å². The van der Waals surface area contributed by atoms with Crippen molar-refractivity contribution in [2.75, 3.05) is 31.1 Å². The van der Waals surface area contributed by atoms with Crippen LogP contribution >= 0.6 is 11.6 Å². The van der Waals surface area contributed by atoms with Crippen molar-refractivity contribution in [3.63, 3.8) is 0 Å². The number of cyclic esters (lactones) is 1. The highest BCUT2D eigenvalue weighted by Gasteiger charge is 2.37. The standard InChI is InChI=1S/C21H23ClN2O3/c22-17-6-8-18(9-7-17)24-15-19(27-20(24)25)14-23-12-10-21(26,11-13-23)16-4-2-1-3-5-16/h1-9,19,26H,10-15H2. The number of anilines is 1. The van der Waals surface area contributed by atoms with Crippen molar-refractivity contribution in [1.82, 2.24) is 4.90 Å². The van der Waals surface area contributed by atoms with Crippen LogP contribution in [0.25, 0.3) is 0 Å². The summed E-state index contributed by atoms with van der Waals surface area (Å²) in [7, 11) is 0. The minimum atomic E-state index is -0.764. The van der Waals surface area contributed by atoms with Gasteiger partial charge in [-0.15, -0.1) is 0 Å². The molecule has 4 rings (SSSR count). The second-order valence-electron chi connectivity index (χ2n) is 7.29. The van der Waals surface area contributed by atoms with Gasteiger partial charge in [-0.25, -0.2) is 4.79 Å². The first-order valence-corrected chi connectivity index (χ1v) is 9.65. The van der Waals surface area contributed by atoms with Gasteiger partial charge in [-0.05, 0) is 42.7 Å². The van der Waals surface area contributed by atoms with E-state index in [0.29, 0.717) is 31.0 Å². The van der Waals surface area contributed by atoms with Gasteiger partial charge in [-0.2, -0.15) is 0 Å². The number of likely N-dealkylation sites (tertiary alicyclic amines) is 1. The molecule has 5 nitrogen and oxygen atoms in total. The van der Waals surface area contributed by atoms with Gasteiger partial charge in [0.2, 0.25) is 0 Å². The van der Waals surface area contributed by atoms with Crippen LogP contribution in [0.5, 0.6) is 0 Å². The molecule has 1 unspecified atom stereocenters. The second-order valence-corrected chi connectivity index (χ2v) is 7.73. The Bertz CT molecular complexity index is 789. The third kappa shape index (κ3) is 3.95. The Morgan fingerprint density at radius 2 is 1.74 bits per heavy atom. The predicted octanol–water partition coefficient (Wildman–Crippen LogP) is 3.65. The fraction of sp³-hybridized carbons (Fsp3) is 0.381. The van der Waals surface area contributed by atoms with Gasteiger partial charge in [0.1, 0.15) is 6.10 Å². The van der Waals surface area contributed by atoms with Crippen molar-refractivity contribution in [1.29, 1.82) is 0 Å². The van der Waals surface area contributed by atoms with Crippen LogP contribution in [0.4, 0.5) is 10.5 Å². The zero-order valence-corrected chi connectivity index (χ0v) is 15.8. The monoisotopic (exact) mass is 386 g/mol. The molecular weight excluding hydrogens is 364 g/mol. The van der Waals surface area contributed by atoms with E-state index in [1.165, 1.54) is 0 Å². The number of carbonyl (C=O) groups excluding carboxylic acids is 1. The van der Waals surface area contributed by atoms with Gasteiger partial charge in [0.05, 0.1) is 12.1 Å². The lowest BCUT2D eigenvalue weighted by Gasteiger charge is -2.39. The maximum Gasteiger partial charge on any atom is 0.414 e. The Labute approximate surface area is 164 Å². The number of aliphatic hydroxyl groups is 1. The van der Waals surface area contributed by atoms with Crippen molar-refractivity contribution in [3.8, 4) is 0 Å². The van der Waals surface area contributed by atoms with Crippen molar-refractivity contribution in [3.05, 3.63) is 65.2 Å². The molecule has 2 aliphatic rings. The van der Waals surface area contributed by atoms with E-state index in [1.54, 1.807) is 17.0 Å². The van der Waals surface area contributed by atoms with Crippen molar-refractivity contribution in [2.24, 2.45) is 0 Å². The normalized spacial score (nSPS) is 22.7. The number of ether oxygens (including phenoxy) is 1. The molecule has 0 aromatic heterocycles. The van der Waals surface area contributed by atoms with Gasteiger partial charge in [0.15, 0.2) is 0 Å². The number of hydrogen-bond donors (Lipinski definition) is 1. The highest BCUT2D eigenvalue weighted by molar-refractivity contribution is 6.30. The number of piperidine rings is 1. The average molecular weight is 387 g/mol. The first kappa shape index (κ1) is 18.3. The molecule has 2 saturated heterocycles. The molecular formula is C21H23ClN2O3. The van der Waals surface area contributed by atoms with E-state index >= 15 is 0 Å². The molecule has 2 aromatic rings. The summed E-state index contributed by atoms with van der Waals surface area (Å²) in [5.74, 6) is 0. The van der Waals surface area contributed by atoms with Crippen molar-refractivity contribution in [2.45, 2.75) is 24.5 Å². The molecule has 6 heteroatoms. The summed E-state index contributed by atoms with van der Waals surface area (Å²) in [4.78, 5) is 16.1. The number of amides is 1. The molecule has 0 saturated carbocycles. The first-order valence-electron chi connectivity index (χ1n) is 9.27. The highest BCUT2D eigenvalue weighted by atomic mass is 35.5. The van der Waals surface area contributed by atoms with Gasteiger partial charge in [0, 0.05) is 30.3 Å². The molecule has 27 heavy (non-hydrogen) atoms. The molecule has 2 heterocycles. The van der Waals surface area contributed by atoms with Crippen LogP contribution in [0.2, 0.25) is 5.02 Å². The molecule has 0 aliphatic carbocycles. The van der Waals surface area contributed by atoms with Gasteiger partial charge in [0.25, 0.3) is 0 Å². The molecule has 1 amide bonds. The highest BCUT2D eigenvalue weighted by Crippen LogP contribution is 2.33. The van der Waals surface area contributed by atoms with Crippen molar-refractivity contribution < 1.29 is 14.6 Å². The summed E-state index contributed by atoms with van der Waals surface area (Å²) < 4.78 is 5.55. The van der Waals surface area contributed by atoms with E-state index in [0.717, 1.165) is 24.3 Å². The summed E-state index contributed by atoms with van der Waals surface area (Å²) >= 11 is 5.92. The van der Waals surface area contributed by atoms with E-state index in [2.05, 4.69) is 4.90 Å². The number of benzene rings is 2. The van der Waals surface area contributed by atoms with E-state index in [9.17, 15) is 9.90 Å². The molecule has 2 aromatic carbocycles. The quantitative estimate of drug-likeness (QED) is 0.871. The lowest BCUT2D eigenvalue weighted by molar-refractivity contribution is -0.0325. The second kappa shape index (κ2) is 7.50. The first-order chi connectivity index (χ1) is 13.0. The largest absolute Gasteiger partial charge is 0.443 e. The number of halogens is 1. The summed E-state index contributed by atoms with van der Waals surface area (Å²) in [5.41, 5.74) is 1.01. The maximum atomic E-state index is 12.2. The van der Waals surface area contributed by atoms with E-state index in [1.807, 2.05) is 42.5 Å². The molecule has 142 valence electrons. The Hall–Kier alpha value is -2.08. The number of rotatable bonds is 4. The van der Waals surface area contributed by atoms with Crippen LogP contribution in [-0.4, -0.2) is 48.4 Å². The van der Waals surface area contributed by atoms with Gasteiger partial charge in [-0.3, -0.25) is 9.80 Å². The topological polar surface area (TPSA) is 53.0 Å². The van der Waals surface area contributed by atoms with Crippen LogP contribution in [0.1, 0.15) is 18.4 Å². The lowest BCUT2D eigenvalue weighted by Crippen LogP contribution is -2.45. The minimum absolute atomic E-state index is 0.170. The Morgan fingerprint density at radius 3 is 2.41 bits per heavy atom. The molecule has 0 radical (unpaired) electrons. The van der Waals surface area contributed by atoms with Crippen molar-refractivity contribution >= 4 is 23.4 Å². The lowest BCUT2D eigenvalue weighted by atomic mass is 9.84. The third-order valence-electron chi connectivity index (χ3n) is 5.47. The predicted molar refractivity (Wildman–Crippen MR) is 105 cm³/mol. The molecule has 1 atom stereocenters. The fourth-order valence-electron chi connectivity index (χ4n) is 3.88. The molecule has 0 spiro atoms. The van der Waals surface area contributed by atoms with Gasteiger partial charge >= 0.3 is 6.09 Å². The minimum Gasteiger partial charge on any atom is -0.443 e. The number of nitrogens with zero attached hydrogens (tertiary/aromatic N) is 2. The van der Waals surface area contributed by atoms with Crippen LogP contribution in [0.3, 0.4) is 0 Å². The van der Waals surface area contributed by atoms with Crippen LogP contribution in [0, 0.1) is 0 Å². The Balaban J connectivity index is 1.33. The van der Waals surface area contributed by atoms with Crippen LogP contribution < -0.4 is 4.90 Å². The van der Waals surface area contributed by atoms with E-state index < -0.39 is 5.60 Å². The summed E-state index contributed by atoms with van der Waals surface area (Å²) in [6.07, 6.45) is 0.869. The zero-order valence-electron chi connectivity index (χ0n) is 15.1.